The highest BCUT2D eigenvalue weighted by atomic mass is 16.3. The molecule has 0 bridgehead atoms. The summed E-state index contributed by atoms with van der Waals surface area (Å²) in [7, 11) is 0. The van der Waals surface area contributed by atoms with Crippen LogP contribution in [0.3, 0.4) is 0 Å². The fourth-order valence-electron chi connectivity index (χ4n) is 2.60. The zero-order valence-corrected chi connectivity index (χ0v) is 15.3. The summed E-state index contributed by atoms with van der Waals surface area (Å²) in [6, 6.07) is 14.3. The highest BCUT2D eigenvalue weighted by molar-refractivity contribution is 6.02. The Morgan fingerprint density at radius 1 is 1.08 bits per heavy atom. The van der Waals surface area contributed by atoms with Crippen LogP contribution in [-0.4, -0.2) is 36.2 Å². The molecule has 3 amide bonds. The van der Waals surface area contributed by atoms with Gasteiger partial charge in [0.1, 0.15) is 0 Å². The van der Waals surface area contributed by atoms with E-state index in [0.29, 0.717) is 5.69 Å². The quantitative estimate of drug-likeness (QED) is 0.744. The van der Waals surface area contributed by atoms with Crippen molar-refractivity contribution in [3.8, 4) is 0 Å². The van der Waals surface area contributed by atoms with Crippen LogP contribution >= 0.6 is 0 Å². The van der Waals surface area contributed by atoms with Gasteiger partial charge in [-0.3, -0.25) is 10.1 Å². The lowest BCUT2D eigenvalue weighted by Crippen LogP contribution is -2.43. The van der Waals surface area contributed by atoms with Crippen molar-refractivity contribution in [2.45, 2.75) is 26.9 Å². The highest BCUT2D eigenvalue weighted by Gasteiger charge is 2.16. The number of benzene rings is 2. The molecule has 138 valence electrons. The second kappa shape index (κ2) is 9.01. The first-order valence-corrected chi connectivity index (χ1v) is 8.52. The third-order valence-corrected chi connectivity index (χ3v) is 4.05. The van der Waals surface area contributed by atoms with Gasteiger partial charge in [-0.25, -0.2) is 4.79 Å². The minimum absolute atomic E-state index is 0.0326. The summed E-state index contributed by atoms with van der Waals surface area (Å²) in [5.74, 6) is -0.447. The lowest BCUT2D eigenvalue weighted by atomic mass is 10.1. The van der Waals surface area contributed by atoms with E-state index in [9.17, 15) is 14.7 Å². The smallest absolute Gasteiger partial charge is 0.325 e. The van der Waals surface area contributed by atoms with Gasteiger partial charge in [-0.05, 0) is 50.1 Å². The summed E-state index contributed by atoms with van der Waals surface area (Å²) in [5, 5.41) is 14.7. The Balaban J connectivity index is 1.99. The average Bonchev–Trinajstić information content (AvgIpc) is 2.58. The molecule has 0 saturated carbocycles. The van der Waals surface area contributed by atoms with Crippen molar-refractivity contribution in [1.82, 2.24) is 5.32 Å². The molecule has 6 nitrogen and oxygen atoms in total. The first-order valence-electron chi connectivity index (χ1n) is 8.52. The number of carbonyl (C=O) groups excluding carboxylic acids is 2. The van der Waals surface area contributed by atoms with Gasteiger partial charge < -0.3 is 15.3 Å². The summed E-state index contributed by atoms with van der Waals surface area (Å²) >= 11 is 0. The molecule has 0 aliphatic heterocycles. The van der Waals surface area contributed by atoms with Crippen LogP contribution in [0.4, 0.5) is 16.2 Å². The Morgan fingerprint density at radius 3 is 2.42 bits per heavy atom. The highest BCUT2D eigenvalue weighted by Crippen LogP contribution is 2.17. The van der Waals surface area contributed by atoms with Gasteiger partial charge in [0.05, 0.1) is 12.6 Å². The van der Waals surface area contributed by atoms with Gasteiger partial charge in [-0.2, -0.15) is 0 Å². The fraction of sp³-hybridized carbons (Fsp3) is 0.300. The third kappa shape index (κ3) is 5.60. The maximum atomic E-state index is 12.3. The number of nitrogens with zero attached hydrogens (tertiary/aromatic N) is 1. The van der Waals surface area contributed by atoms with E-state index in [-0.39, 0.29) is 13.1 Å². The molecule has 1 atom stereocenters. The van der Waals surface area contributed by atoms with E-state index in [0.717, 1.165) is 16.8 Å². The van der Waals surface area contributed by atoms with E-state index < -0.39 is 18.0 Å². The zero-order valence-electron chi connectivity index (χ0n) is 15.3. The van der Waals surface area contributed by atoms with Gasteiger partial charge in [0.15, 0.2) is 0 Å². The Morgan fingerprint density at radius 2 is 1.77 bits per heavy atom. The number of rotatable bonds is 6. The minimum Gasteiger partial charge on any atom is -0.392 e. The molecule has 0 spiro atoms. The molecule has 1 unspecified atom stereocenters. The second-order valence-corrected chi connectivity index (χ2v) is 6.31. The van der Waals surface area contributed by atoms with Gasteiger partial charge in [0.2, 0.25) is 5.91 Å². The summed E-state index contributed by atoms with van der Waals surface area (Å²) in [5.41, 5.74) is 3.48. The van der Waals surface area contributed by atoms with Crippen LogP contribution in [0.1, 0.15) is 18.1 Å². The van der Waals surface area contributed by atoms with E-state index in [1.54, 1.807) is 17.9 Å². The molecule has 26 heavy (non-hydrogen) atoms. The predicted octanol–water partition coefficient (Wildman–Crippen LogP) is 2.84. The summed E-state index contributed by atoms with van der Waals surface area (Å²) in [4.78, 5) is 26.1. The van der Waals surface area contributed by atoms with Gasteiger partial charge in [-0.1, -0.05) is 30.3 Å². The van der Waals surface area contributed by atoms with Crippen LogP contribution < -0.4 is 15.5 Å². The number of urea groups is 1. The number of aliphatic hydroxyl groups excluding tert-OH is 1. The van der Waals surface area contributed by atoms with Crippen molar-refractivity contribution in [3.63, 3.8) is 0 Å². The van der Waals surface area contributed by atoms with Crippen LogP contribution in [-0.2, 0) is 4.79 Å². The van der Waals surface area contributed by atoms with Gasteiger partial charge in [0.25, 0.3) is 0 Å². The van der Waals surface area contributed by atoms with Gasteiger partial charge in [-0.15, -0.1) is 0 Å². The van der Waals surface area contributed by atoms with Crippen molar-refractivity contribution in [2.24, 2.45) is 0 Å². The predicted molar refractivity (Wildman–Crippen MR) is 103 cm³/mol. The number of aryl methyl sites for hydroxylation is 1. The maximum Gasteiger partial charge on any atom is 0.325 e. The summed E-state index contributed by atoms with van der Waals surface area (Å²) < 4.78 is 0. The van der Waals surface area contributed by atoms with Crippen molar-refractivity contribution in [2.75, 3.05) is 23.3 Å². The van der Waals surface area contributed by atoms with E-state index in [2.05, 4.69) is 10.6 Å². The zero-order chi connectivity index (χ0) is 19.1. The minimum atomic E-state index is -0.605. The number of para-hydroxylation sites is 1. The van der Waals surface area contributed by atoms with Crippen LogP contribution in [0, 0.1) is 13.8 Å². The monoisotopic (exact) mass is 355 g/mol. The molecular formula is C20H25N3O3. The molecular weight excluding hydrogens is 330 g/mol. The van der Waals surface area contributed by atoms with E-state index in [1.165, 1.54) is 0 Å². The van der Waals surface area contributed by atoms with Gasteiger partial charge in [0, 0.05) is 17.9 Å². The van der Waals surface area contributed by atoms with Crippen molar-refractivity contribution in [3.05, 3.63) is 59.7 Å². The largest absolute Gasteiger partial charge is 0.392 e. The SMILES string of the molecule is Cc1cccc(NC(=O)NC(=O)CN(CC(C)O)c2ccccc2)c1C. The number of amides is 3. The third-order valence-electron chi connectivity index (χ3n) is 4.05. The van der Waals surface area contributed by atoms with Crippen molar-refractivity contribution >= 4 is 23.3 Å². The van der Waals surface area contributed by atoms with Crippen LogP contribution in [0.15, 0.2) is 48.5 Å². The van der Waals surface area contributed by atoms with Gasteiger partial charge >= 0.3 is 6.03 Å². The molecule has 0 aromatic heterocycles. The number of nitrogens with one attached hydrogen (secondary N) is 2. The molecule has 0 aliphatic rings. The van der Waals surface area contributed by atoms with Crippen LogP contribution in [0.2, 0.25) is 0 Å². The molecule has 0 radical (unpaired) electrons. The molecule has 0 heterocycles. The molecule has 0 aliphatic carbocycles. The molecule has 6 heteroatoms. The molecule has 3 N–H and O–H groups in total. The summed E-state index contributed by atoms with van der Waals surface area (Å²) in [6.07, 6.45) is -0.605. The Kier molecular flexibility index (Phi) is 6.74. The molecule has 0 fully saturated rings. The van der Waals surface area contributed by atoms with Crippen LogP contribution in [0.25, 0.3) is 0 Å². The van der Waals surface area contributed by atoms with Crippen molar-refractivity contribution < 1.29 is 14.7 Å². The van der Waals surface area contributed by atoms with E-state index in [1.807, 2.05) is 56.3 Å². The molecule has 2 aromatic rings. The topological polar surface area (TPSA) is 81.7 Å². The second-order valence-electron chi connectivity index (χ2n) is 6.31. The Labute approximate surface area is 153 Å². The lowest BCUT2D eigenvalue weighted by Gasteiger charge is -2.25. The normalized spacial score (nSPS) is 11.5. The van der Waals surface area contributed by atoms with E-state index >= 15 is 0 Å². The average molecular weight is 355 g/mol. The number of aliphatic hydroxyl groups is 1. The Hall–Kier alpha value is -2.86. The maximum absolute atomic E-state index is 12.3. The number of anilines is 2. The number of hydrogen-bond acceptors (Lipinski definition) is 4. The Bertz CT molecular complexity index is 760. The lowest BCUT2D eigenvalue weighted by molar-refractivity contribution is -0.118. The number of imide groups is 1. The van der Waals surface area contributed by atoms with Crippen molar-refractivity contribution in [1.29, 1.82) is 0 Å². The number of hydrogen-bond donors (Lipinski definition) is 3. The first-order chi connectivity index (χ1) is 12.4. The first kappa shape index (κ1) is 19.5. The van der Waals surface area contributed by atoms with E-state index in [4.69, 9.17) is 0 Å². The fourth-order valence-corrected chi connectivity index (χ4v) is 2.60. The molecule has 2 aromatic carbocycles. The standard InChI is InChI=1S/C20H25N3O3/c1-14-8-7-11-18(16(14)3)21-20(26)22-19(25)13-23(12-15(2)24)17-9-5-4-6-10-17/h4-11,15,24H,12-13H2,1-3H3,(H2,21,22,25,26). The molecule has 0 saturated heterocycles. The molecule has 2 rings (SSSR count). The number of carbonyl (C=O) groups is 2. The van der Waals surface area contributed by atoms with Crippen LogP contribution in [0.5, 0.6) is 0 Å². The summed E-state index contributed by atoms with van der Waals surface area (Å²) in [6.45, 7) is 5.77.